The second-order valence-electron chi connectivity index (χ2n) is 5.15. The Kier molecular flexibility index (Phi) is 5.64. The molecule has 1 unspecified atom stereocenters. The smallest absolute Gasteiger partial charge is 0.0462 e. The van der Waals surface area contributed by atoms with Gasteiger partial charge in [-0.2, -0.15) is 0 Å². The fourth-order valence-corrected chi connectivity index (χ4v) is 2.93. The Balaban J connectivity index is 1.92. The molecular formula is C17H19BrClN. The van der Waals surface area contributed by atoms with Crippen LogP contribution < -0.4 is 5.32 Å². The van der Waals surface area contributed by atoms with E-state index < -0.39 is 0 Å². The van der Waals surface area contributed by atoms with Gasteiger partial charge in [-0.25, -0.2) is 0 Å². The van der Waals surface area contributed by atoms with Crippen molar-refractivity contribution < 1.29 is 0 Å². The SMILES string of the molecule is Cc1ccccc1CC(C)NCc1ccc(Br)cc1Cl. The molecule has 2 aromatic carbocycles. The van der Waals surface area contributed by atoms with Gasteiger partial charge >= 0.3 is 0 Å². The molecule has 0 aromatic heterocycles. The lowest BCUT2D eigenvalue weighted by Crippen LogP contribution is -2.27. The van der Waals surface area contributed by atoms with Gasteiger partial charge in [0.1, 0.15) is 0 Å². The van der Waals surface area contributed by atoms with E-state index in [0.29, 0.717) is 6.04 Å². The van der Waals surface area contributed by atoms with Crippen LogP contribution in [0.2, 0.25) is 5.02 Å². The molecule has 2 rings (SSSR count). The van der Waals surface area contributed by atoms with Crippen LogP contribution in [0.4, 0.5) is 0 Å². The van der Waals surface area contributed by atoms with Crippen molar-refractivity contribution in [2.45, 2.75) is 32.9 Å². The second kappa shape index (κ2) is 7.26. The van der Waals surface area contributed by atoms with Gasteiger partial charge in [0, 0.05) is 22.1 Å². The van der Waals surface area contributed by atoms with Gasteiger partial charge in [-0.3, -0.25) is 0 Å². The summed E-state index contributed by atoms with van der Waals surface area (Å²) >= 11 is 9.65. The van der Waals surface area contributed by atoms with E-state index in [2.05, 4.69) is 65.4 Å². The molecule has 1 atom stereocenters. The summed E-state index contributed by atoms with van der Waals surface area (Å²) in [6, 6.07) is 15.0. The molecule has 1 nitrogen and oxygen atoms in total. The lowest BCUT2D eigenvalue weighted by molar-refractivity contribution is 0.544. The molecule has 3 heteroatoms. The van der Waals surface area contributed by atoms with E-state index in [0.717, 1.165) is 28.0 Å². The van der Waals surface area contributed by atoms with Crippen LogP contribution in [0.25, 0.3) is 0 Å². The Morgan fingerprint density at radius 1 is 1.15 bits per heavy atom. The highest BCUT2D eigenvalue weighted by atomic mass is 79.9. The summed E-state index contributed by atoms with van der Waals surface area (Å²) in [7, 11) is 0. The molecule has 2 aromatic rings. The van der Waals surface area contributed by atoms with Crippen LogP contribution >= 0.6 is 27.5 Å². The number of halogens is 2. The van der Waals surface area contributed by atoms with Gasteiger partial charge in [-0.15, -0.1) is 0 Å². The first kappa shape index (κ1) is 15.6. The minimum atomic E-state index is 0.413. The Hall–Kier alpha value is -0.830. The summed E-state index contributed by atoms with van der Waals surface area (Å²) in [6.45, 7) is 5.16. The number of rotatable bonds is 5. The number of aryl methyl sites for hydroxylation is 1. The van der Waals surface area contributed by atoms with Crippen LogP contribution in [0.3, 0.4) is 0 Å². The summed E-state index contributed by atoms with van der Waals surface area (Å²) in [6.07, 6.45) is 1.03. The third-order valence-corrected chi connectivity index (χ3v) is 4.29. The zero-order valence-corrected chi connectivity index (χ0v) is 14.1. The first-order chi connectivity index (χ1) is 9.56. The molecule has 0 bridgehead atoms. The van der Waals surface area contributed by atoms with Gasteiger partial charge in [-0.1, -0.05) is 57.9 Å². The molecule has 0 radical (unpaired) electrons. The van der Waals surface area contributed by atoms with Crippen LogP contribution in [0.5, 0.6) is 0 Å². The maximum atomic E-state index is 6.23. The van der Waals surface area contributed by atoms with Crippen LogP contribution in [0.1, 0.15) is 23.6 Å². The van der Waals surface area contributed by atoms with Gasteiger partial charge in [-0.05, 0) is 49.1 Å². The van der Waals surface area contributed by atoms with Gasteiger partial charge in [0.25, 0.3) is 0 Å². The van der Waals surface area contributed by atoms with Gasteiger partial charge in [0.2, 0.25) is 0 Å². The first-order valence-electron chi connectivity index (χ1n) is 6.78. The zero-order chi connectivity index (χ0) is 14.5. The highest BCUT2D eigenvalue weighted by molar-refractivity contribution is 9.10. The predicted molar refractivity (Wildman–Crippen MR) is 90.3 cm³/mol. The largest absolute Gasteiger partial charge is 0.310 e. The topological polar surface area (TPSA) is 12.0 Å². The minimum absolute atomic E-state index is 0.413. The van der Waals surface area contributed by atoms with Crippen molar-refractivity contribution in [2.75, 3.05) is 0 Å². The normalized spacial score (nSPS) is 12.4. The fraction of sp³-hybridized carbons (Fsp3) is 0.294. The number of benzene rings is 2. The lowest BCUT2D eigenvalue weighted by Gasteiger charge is -2.16. The van der Waals surface area contributed by atoms with Crippen LogP contribution in [0, 0.1) is 6.92 Å². The first-order valence-corrected chi connectivity index (χ1v) is 7.95. The lowest BCUT2D eigenvalue weighted by atomic mass is 10.0. The molecule has 0 saturated carbocycles. The van der Waals surface area contributed by atoms with Crippen LogP contribution in [-0.2, 0) is 13.0 Å². The highest BCUT2D eigenvalue weighted by Gasteiger charge is 2.07. The van der Waals surface area contributed by atoms with E-state index in [9.17, 15) is 0 Å². The van der Waals surface area contributed by atoms with Crippen LogP contribution in [0.15, 0.2) is 46.9 Å². The highest BCUT2D eigenvalue weighted by Crippen LogP contribution is 2.21. The average Bonchev–Trinajstić information content (AvgIpc) is 2.40. The molecule has 0 amide bonds. The minimum Gasteiger partial charge on any atom is -0.310 e. The van der Waals surface area contributed by atoms with Crippen molar-refractivity contribution in [1.82, 2.24) is 5.32 Å². The number of nitrogens with one attached hydrogen (secondary N) is 1. The Bertz CT molecular complexity index is 583. The molecule has 0 aliphatic rings. The van der Waals surface area contributed by atoms with E-state index >= 15 is 0 Å². The molecule has 0 heterocycles. The second-order valence-corrected chi connectivity index (χ2v) is 6.47. The van der Waals surface area contributed by atoms with Crippen molar-refractivity contribution in [3.8, 4) is 0 Å². The van der Waals surface area contributed by atoms with E-state index in [-0.39, 0.29) is 0 Å². The molecule has 106 valence electrons. The molecule has 20 heavy (non-hydrogen) atoms. The number of hydrogen-bond donors (Lipinski definition) is 1. The maximum Gasteiger partial charge on any atom is 0.0462 e. The zero-order valence-electron chi connectivity index (χ0n) is 11.8. The van der Waals surface area contributed by atoms with Crippen LogP contribution in [-0.4, -0.2) is 6.04 Å². The standard InChI is InChI=1S/C17H19BrClN/c1-12-5-3-4-6-14(12)9-13(2)20-11-15-7-8-16(18)10-17(15)19/h3-8,10,13,20H,9,11H2,1-2H3. The van der Waals surface area contributed by atoms with Gasteiger partial charge in [0.15, 0.2) is 0 Å². The Morgan fingerprint density at radius 3 is 2.60 bits per heavy atom. The van der Waals surface area contributed by atoms with Gasteiger partial charge in [0.05, 0.1) is 0 Å². The summed E-state index contributed by atoms with van der Waals surface area (Å²) in [5.74, 6) is 0. The maximum absolute atomic E-state index is 6.23. The molecule has 0 saturated heterocycles. The Labute approximate surface area is 134 Å². The van der Waals surface area contributed by atoms with E-state index in [4.69, 9.17) is 11.6 Å². The predicted octanol–water partition coefficient (Wildman–Crippen LogP) is 5.13. The van der Waals surface area contributed by atoms with Gasteiger partial charge < -0.3 is 5.32 Å². The molecule has 0 aliphatic heterocycles. The summed E-state index contributed by atoms with van der Waals surface area (Å²) in [5.41, 5.74) is 3.88. The fourth-order valence-electron chi connectivity index (χ4n) is 2.19. The third kappa shape index (κ3) is 4.34. The van der Waals surface area contributed by atoms with Crippen molar-refractivity contribution in [2.24, 2.45) is 0 Å². The molecule has 0 aliphatic carbocycles. The summed E-state index contributed by atoms with van der Waals surface area (Å²) in [4.78, 5) is 0. The van der Waals surface area contributed by atoms with Crippen molar-refractivity contribution in [3.05, 3.63) is 68.7 Å². The molecule has 0 spiro atoms. The molecular weight excluding hydrogens is 334 g/mol. The molecule has 0 fully saturated rings. The van der Waals surface area contributed by atoms with Crippen molar-refractivity contribution in [1.29, 1.82) is 0 Å². The van der Waals surface area contributed by atoms with Crippen molar-refractivity contribution >= 4 is 27.5 Å². The average molecular weight is 353 g/mol. The van der Waals surface area contributed by atoms with Crippen molar-refractivity contribution in [3.63, 3.8) is 0 Å². The third-order valence-electron chi connectivity index (χ3n) is 3.44. The van der Waals surface area contributed by atoms with E-state index in [1.165, 1.54) is 11.1 Å². The monoisotopic (exact) mass is 351 g/mol. The quantitative estimate of drug-likeness (QED) is 0.786. The van der Waals surface area contributed by atoms with E-state index in [1.54, 1.807) is 0 Å². The Morgan fingerprint density at radius 2 is 1.90 bits per heavy atom. The summed E-state index contributed by atoms with van der Waals surface area (Å²) < 4.78 is 1.01. The summed E-state index contributed by atoms with van der Waals surface area (Å²) in [5, 5.41) is 4.34. The number of hydrogen-bond acceptors (Lipinski definition) is 1. The molecule has 1 N–H and O–H groups in total. The van der Waals surface area contributed by atoms with E-state index in [1.807, 2.05) is 12.1 Å².